The predicted molar refractivity (Wildman–Crippen MR) is 93.1 cm³/mol. The van der Waals surface area contributed by atoms with Crippen molar-refractivity contribution >= 4 is 18.8 Å². The van der Waals surface area contributed by atoms with E-state index >= 15 is 0 Å². The summed E-state index contributed by atoms with van der Waals surface area (Å²) in [5.41, 5.74) is 7.32. The van der Waals surface area contributed by atoms with Gasteiger partial charge < -0.3 is 4.74 Å². The van der Waals surface area contributed by atoms with E-state index < -0.39 is 16.5 Å². The average molecular weight is 520 g/mol. The van der Waals surface area contributed by atoms with Crippen LogP contribution in [0.2, 0.25) is 0 Å². The van der Waals surface area contributed by atoms with Crippen molar-refractivity contribution in [2.45, 2.75) is 41.5 Å². The average Bonchev–Trinajstić information content (AvgIpc) is 2.36. The molecule has 0 aromatic heterocycles. The monoisotopic (exact) mass is 519 g/mol. The summed E-state index contributed by atoms with van der Waals surface area (Å²) in [4.78, 5) is 0. The molecule has 124 valence electrons. The van der Waals surface area contributed by atoms with E-state index in [0.717, 1.165) is 11.5 Å². The van der Waals surface area contributed by atoms with Crippen molar-refractivity contribution in [2.75, 3.05) is 0 Å². The number of halogens is 2. The molecule has 2 aromatic carbocycles. The van der Waals surface area contributed by atoms with Crippen molar-refractivity contribution in [3.05, 3.63) is 57.6 Å². The van der Waals surface area contributed by atoms with Crippen LogP contribution in [0, 0.1) is 41.5 Å². The van der Waals surface area contributed by atoms with Crippen molar-refractivity contribution in [1.82, 2.24) is 0 Å². The van der Waals surface area contributed by atoms with E-state index in [-0.39, 0.29) is 0 Å². The fourth-order valence-corrected chi connectivity index (χ4v) is 2.76. The third-order valence-electron chi connectivity index (χ3n) is 3.41. The van der Waals surface area contributed by atoms with Gasteiger partial charge in [0.25, 0.3) is 0 Å². The van der Waals surface area contributed by atoms with Gasteiger partial charge in [-0.25, -0.2) is 0 Å². The molecular weight excluding hydrogens is 498 g/mol. The number of hydrogen-bond donors (Lipinski definition) is 0. The fraction of sp³-hybridized carbons (Fsp3) is 0.333. The van der Waals surface area contributed by atoms with Crippen molar-refractivity contribution in [1.29, 1.82) is 0 Å². The molecule has 0 atom stereocenters. The van der Waals surface area contributed by atoms with Crippen molar-refractivity contribution in [3.63, 3.8) is 0 Å². The van der Waals surface area contributed by atoms with Gasteiger partial charge in [-0.2, -0.15) is 0 Å². The molecule has 0 aliphatic rings. The van der Waals surface area contributed by atoms with Gasteiger partial charge in [0.2, 0.25) is 0 Å². The zero-order chi connectivity index (χ0) is 16.9. The first-order chi connectivity index (χ1) is 10.3. The van der Waals surface area contributed by atoms with Gasteiger partial charge in [-0.1, -0.05) is 35.4 Å². The molecule has 0 saturated carbocycles. The topological polar surface area (TPSA) is 9.23 Å². The summed E-state index contributed by atoms with van der Waals surface area (Å²) in [5.74, 6) is 1.97. The second kappa shape index (κ2) is 8.96. The van der Waals surface area contributed by atoms with Gasteiger partial charge in [0, 0.05) is 0 Å². The third-order valence-corrected chi connectivity index (χ3v) is 3.41. The second-order valence-corrected chi connectivity index (χ2v) is 8.89. The van der Waals surface area contributed by atoms with Crippen LogP contribution in [-0.4, -0.2) is 0 Å². The molecule has 0 aliphatic heterocycles. The Hall–Kier alpha value is -0.492. The molecule has 22 heavy (non-hydrogen) atoms. The van der Waals surface area contributed by atoms with Crippen molar-refractivity contribution in [3.8, 4) is 11.5 Å². The summed E-state index contributed by atoms with van der Waals surface area (Å²) >= 11 is -0.472. The summed E-state index contributed by atoms with van der Waals surface area (Å²) in [6.45, 7) is 12.7. The van der Waals surface area contributed by atoms with Crippen LogP contribution in [-0.2, 0) is 16.5 Å². The van der Waals surface area contributed by atoms with E-state index in [2.05, 4.69) is 65.8 Å². The molecule has 4 heteroatoms. The first kappa shape index (κ1) is 19.6. The molecule has 0 bridgehead atoms. The van der Waals surface area contributed by atoms with E-state index in [0.29, 0.717) is 0 Å². The van der Waals surface area contributed by atoms with Crippen LogP contribution in [0.1, 0.15) is 33.4 Å². The summed E-state index contributed by atoms with van der Waals surface area (Å²) in [5, 5.41) is 0. The minimum atomic E-state index is -0.472. The maximum atomic E-state index is 6.21. The summed E-state index contributed by atoms with van der Waals surface area (Å²) in [6.07, 6.45) is 0. The van der Waals surface area contributed by atoms with Crippen LogP contribution >= 0.6 is 18.8 Å². The zero-order valence-corrected chi connectivity index (χ0v) is 17.6. The Morgan fingerprint density at radius 3 is 1.09 bits per heavy atom. The molecule has 0 amide bonds. The Morgan fingerprint density at radius 1 is 0.636 bits per heavy atom. The first-order valence-electron chi connectivity index (χ1n) is 6.96. The summed E-state index contributed by atoms with van der Waals surface area (Å²) < 4.78 is 6.21. The van der Waals surface area contributed by atoms with E-state index in [9.17, 15) is 0 Å². The predicted octanol–water partition coefficient (Wildman–Crippen LogP) is 6.71. The molecule has 0 heterocycles. The third kappa shape index (κ3) is 5.30. The van der Waals surface area contributed by atoms with Crippen LogP contribution in [0.5, 0.6) is 11.5 Å². The standard InChI is InChI=1S/C18H22O.2ClH.Pt/c1-11-7-13(3)17(14(4)8-11)19-18-15(5)9-12(2)10-16(18)6;;;/h7-10H,1-6H3;2*1H;/q;;;+2/p-2. The van der Waals surface area contributed by atoms with Crippen LogP contribution in [0.4, 0.5) is 0 Å². The van der Waals surface area contributed by atoms with E-state index in [1.54, 1.807) is 0 Å². The van der Waals surface area contributed by atoms with Gasteiger partial charge in [0.15, 0.2) is 0 Å². The van der Waals surface area contributed by atoms with Crippen molar-refractivity contribution < 1.29 is 21.2 Å². The number of benzene rings is 2. The SMILES string of the molecule is Cc1cc(C)c(Oc2c(C)cc(C)cc2C)c(C)c1.[Cl][Pt][Cl]. The van der Waals surface area contributed by atoms with Crippen LogP contribution < -0.4 is 4.74 Å². The number of aryl methyl sites for hydroxylation is 6. The van der Waals surface area contributed by atoms with Crippen LogP contribution in [0.25, 0.3) is 0 Å². The Balaban J connectivity index is 0.000000745. The summed E-state index contributed by atoms with van der Waals surface area (Å²) in [6, 6.07) is 8.67. The Kier molecular flexibility index (Phi) is 7.97. The van der Waals surface area contributed by atoms with Crippen molar-refractivity contribution in [2.24, 2.45) is 0 Å². The molecule has 0 aliphatic carbocycles. The molecule has 0 radical (unpaired) electrons. The molecular formula is C18H22Cl2OPt. The fourth-order valence-electron chi connectivity index (χ4n) is 2.76. The Labute approximate surface area is 150 Å². The molecule has 0 fully saturated rings. The maximum absolute atomic E-state index is 6.21. The van der Waals surface area contributed by atoms with Gasteiger partial charge in [-0.05, 0) is 63.8 Å². The minimum absolute atomic E-state index is 0.472. The molecule has 0 spiro atoms. The van der Waals surface area contributed by atoms with Gasteiger partial charge in [-0.15, -0.1) is 0 Å². The van der Waals surface area contributed by atoms with E-state index in [1.807, 2.05) is 0 Å². The molecule has 0 unspecified atom stereocenters. The van der Waals surface area contributed by atoms with Gasteiger partial charge in [0.1, 0.15) is 11.5 Å². The number of ether oxygens (including phenoxy) is 1. The van der Waals surface area contributed by atoms with Crippen LogP contribution in [0.3, 0.4) is 0 Å². The Morgan fingerprint density at radius 2 is 0.864 bits per heavy atom. The Bertz CT molecular complexity index is 552. The van der Waals surface area contributed by atoms with Gasteiger partial charge >= 0.3 is 35.3 Å². The quantitative estimate of drug-likeness (QED) is 0.428. The second-order valence-electron chi connectivity index (χ2n) is 5.60. The molecule has 0 saturated heterocycles. The normalized spacial score (nSPS) is 10.2. The first-order valence-corrected chi connectivity index (χ1v) is 12.6. The molecule has 2 rings (SSSR count). The van der Waals surface area contributed by atoms with Gasteiger partial charge in [0.05, 0.1) is 0 Å². The van der Waals surface area contributed by atoms with E-state index in [1.165, 1.54) is 33.4 Å². The number of rotatable bonds is 2. The van der Waals surface area contributed by atoms with E-state index in [4.69, 9.17) is 23.6 Å². The van der Waals surface area contributed by atoms with Crippen LogP contribution in [0.15, 0.2) is 24.3 Å². The number of hydrogen-bond acceptors (Lipinski definition) is 1. The molecule has 0 N–H and O–H groups in total. The summed E-state index contributed by atoms with van der Waals surface area (Å²) in [7, 11) is 9.75. The molecule has 2 aromatic rings. The molecule has 1 nitrogen and oxygen atoms in total. The van der Waals surface area contributed by atoms with Gasteiger partial charge in [-0.3, -0.25) is 0 Å². The zero-order valence-electron chi connectivity index (χ0n) is 13.8.